The minimum Gasteiger partial charge on any atom is -0.465 e. The molecule has 0 aliphatic heterocycles. The van der Waals surface area contributed by atoms with Crippen molar-refractivity contribution in [3.8, 4) is 28.5 Å². The number of nitrogens with one attached hydrogen (secondary N) is 1. The van der Waals surface area contributed by atoms with E-state index in [2.05, 4.69) is 24.8 Å². The molecular formula is C29H26N5O7P. The molecule has 0 fully saturated rings. The normalized spacial score (nSPS) is 12.1. The van der Waals surface area contributed by atoms with E-state index in [1.54, 1.807) is 25.1 Å². The minimum atomic E-state index is -0.647. The second kappa shape index (κ2) is 12.6. The molecule has 0 radical (unpaired) electrons. The van der Waals surface area contributed by atoms with Gasteiger partial charge >= 0.3 is 11.7 Å². The summed E-state index contributed by atoms with van der Waals surface area (Å²) in [7, 11) is -0.0873. The van der Waals surface area contributed by atoms with Crippen molar-refractivity contribution in [1.29, 1.82) is 0 Å². The van der Waals surface area contributed by atoms with Crippen LogP contribution in [0.25, 0.3) is 33.5 Å². The molecule has 13 heteroatoms. The minimum absolute atomic E-state index is 0.0553. The van der Waals surface area contributed by atoms with Gasteiger partial charge in [-0.2, -0.15) is 4.98 Å². The summed E-state index contributed by atoms with van der Waals surface area (Å²) in [5, 5.41) is 16.5. The Balaban J connectivity index is 1.47. The van der Waals surface area contributed by atoms with Crippen LogP contribution in [0, 0.1) is 0 Å². The van der Waals surface area contributed by atoms with Gasteiger partial charge in [-0.15, -0.1) is 0 Å². The monoisotopic (exact) mass is 587 g/mol. The third-order valence-electron chi connectivity index (χ3n) is 6.48. The highest BCUT2D eigenvalue weighted by Gasteiger charge is 2.21. The van der Waals surface area contributed by atoms with Crippen molar-refractivity contribution in [2.75, 3.05) is 13.2 Å². The first-order chi connectivity index (χ1) is 20.4. The number of fused-ring (bicyclic) bond motifs is 1. The molecule has 0 saturated carbocycles. The largest absolute Gasteiger partial charge is 0.465 e. The lowest BCUT2D eigenvalue weighted by Gasteiger charge is -2.13. The molecule has 0 amide bonds. The van der Waals surface area contributed by atoms with Crippen LogP contribution in [0.2, 0.25) is 0 Å². The van der Waals surface area contributed by atoms with Crippen molar-refractivity contribution in [1.82, 2.24) is 19.7 Å². The number of hydrogen-bond acceptors (Lipinski definition) is 10. The molecule has 42 heavy (non-hydrogen) atoms. The number of hydrogen-bond donors (Lipinski definition) is 3. The molecule has 3 aromatic carbocycles. The molecule has 0 atom stereocenters. The molecule has 3 N–H and O–H groups in total. The second-order valence-electron chi connectivity index (χ2n) is 9.08. The number of para-hydroxylation sites is 1. The average Bonchev–Trinajstić information content (AvgIpc) is 3.60. The van der Waals surface area contributed by atoms with E-state index in [9.17, 15) is 19.7 Å². The van der Waals surface area contributed by atoms with Crippen LogP contribution >= 0.6 is 8.43 Å². The van der Waals surface area contributed by atoms with Crippen molar-refractivity contribution in [3.05, 3.63) is 88.4 Å². The lowest BCUT2D eigenvalue weighted by molar-refractivity contribution is 0.0565. The van der Waals surface area contributed by atoms with Gasteiger partial charge in [0.1, 0.15) is 12.3 Å². The van der Waals surface area contributed by atoms with Gasteiger partial charge in [0, 0.05) is 10.9 Å². The van der Waals surface area contributed by atoms with E-state index in [0.717, 1.165) is 22.3 Å². The Morgan fingerprint density at radius 3 is 2.52 bits per heavy atom. The summed E-state index contributed by atoms with van der Waals surface area (Å²) in [4.78, 5) is 41.2. The van der Waals surface area contributed by atoms with Crippen LogP contribution in [-0.4, -0.2) is 60.0 Å². The van der Waals surface area contributed by atoms with Crippen LogP contribution in [0.5, 0.6) is 6.01 Å². The summed E-state index contributed by atoms with van der Waals surface area (Å²) in [5.74, 6) is -0.936. The highest BCUT2D eigenvalue weighted by atomic mass is 31.1. The fourth-order valence-corrected chi connectivity index (χ4v) is 4.67. The predicted molar refractivity (Wildman–Crippen MR) is 157 cm³/mol. The molecule has 5 rings (SSSR count). The zero-order valence-corrected chi connectivity index (χ0v) is 23.5. The third kappa shape index (κ3) is 5.85. The summed E-state index contributed by atoms with van der Waals surface area (Å²) in [6, 6.07) is 20.8. The van der Waals surface area contributed by atoms with Gasteiger partial charge in [0.2, 0.25) is 0 Å². The van der Waals surface area contributed by atoms with Crippen molar-refractivity contribution >= 4 is 36.4 Å². The average molecular weight is 588 g/mol. The number of oxime groups is 1. The number of nitrogens with zero attached hydrogens (tertiary/aromatic N) is 4. The third-order valence-corrected chi connectivity index (χ3v) is 7.04. The molecule has 0 unspecified atom stereocenters. The first-order valence-corrected chi connectivity index (χ1v) is 13.7. The van der Waals surface area contributed by atoms with E-state index in [0.29, 0.717) is 41.3 Å². The summed E-state index contributed by atoms with van der Waals surface area (Å²) in [6.07, 6.45) is 0. The molecule has 0 saturated heterocycles. The topological polar surface area (TPSA) is 165 Å². The Morgan fingerprint density at radius 1 is 1.10 bits per heavy atom. The van der Waals surface area contributed by atoms with E-state index in [4.69, 9.17) is 9.47 Å². The highest BCUT2D eigenvalue weighted by Crippen LogP contribution is 2.31. The fourth-order valence-electron chi connectivity index (χ4n) is 4.45. The maximum atomic E-state index is 13.2. The van der Waals surface area contributed by atoms with Gasteiger partial charge in [0.05, 0.1) is 38.2 Å². The Morgan fingerprint density at radius 2 is 1.86 bits per heavy atom. The molecule has 0 bridgehead atoms. The summed E-state index contributed by atoms with van der Waals surface area (Å²) in [6.45, 7) is 3.81. The zero-order valence-electron chi connectivity index (χ0n) is 22.6. The number of esters is 1. The maximum Gasteiger partial charge on any atom is 0.439 e. The number of aromatic nitrogens is 4. The van der Waals surface area contributed by atoms with Crippen molar-refractivity contribution in [2.45, 2.75) is 20.4 Å². The Bertz CT molecular complexity index is 1850. The smallest absolute Gasteiger partial charge is 0.439 e. The zero-order chi connectivity index (χ0) is 29.6. The van der Waals surface area contributed by atoms with Gasteiger partial charge < -0.3 is 19.6 Å². The highest BCUT2D eigenvalue weighted by molar-refractivity contribution is 7.37. The number of benzene rings is 3. The Labute approximate surface area is 240 Å². The molecule has 5 aromatic rings. The quantitative estimate of drug-likeness (QED) is 0.0700. The van der Waals surface area contributed by atoms with Gasteiger partial charge in [-0.05, 0) is 42.7 Å². The molecule has 0 aliphatic carbocycles. The Kier molecular flexibility index (Phi) is 8.56. The predicted octanol–water partition coefficient (Wildman–Crippen LogP) is 4.53. The molecule has 0 aliphatic rings. The number of carbonyl (C=O) groups is 1. The SMILES string of the molecule is CCOc1nc2cccc(C(=O)OC/C(=N/O)C(C)=PO)c2n1Cc1ccc(-c2ccccc2-c2noc(=O)[nH]2)cc1. The number of aromatic amines is 1. The summed E-state index contributed by atoms with van der Waals surface area (Å²) >= 11 is 0. The van der Waals surface area contributed by atoms with Crippen molar-refractivity contribution in [3.63, 3.8) is 0 Å². The molecule has 214 valence electrons. The van der Waals surface area contributed by atoms with Gasteiger partial charge in [-0.25, -0.2) is 9.59 Å². The van der Waals surface area contributed by atoms with Crippen LogP contribution in [0.1, 0.15) is 29.8 Å². The van der Waals surface area contributed by atoms with Crippen molar-refractivity contribution in [2.24, 2.45) is 5.16 Å². The van der Waals surface area contributed by atoms with Crippen LogP contribution < -0.4 is 10.5 Å². The van der Waals surface area contributed by atoms with E-state index in [1.165, 1.54) is 0 Å². The van der Waals surface area contributed by atoms with Gasteiger partial charge in [-0.1, -0.05) is 64.9 Å². The fraction of sp³-hybridized carbons (Fsp3) is 0.172. The number of H-pyrrole nitrogens is 1. The lowest BCUT2D eigenvalue weighted by atomic mass is 9.98. The van der Waals surface area contributed by atoms with Crippen molar-refractivity contribution < 1.29 is 28.9 Å². The van der Waals surface area contributed by atoms with Gasteiger partial charge in [-0.3, -0.25) is 14.1 Å². The lowest BCUT2D eigenvalue weighted by Crippen LogP contribution is -2.20. The summed E-state index contributed by atoms with van der Waals surface area (Å²) < 4.78 is 17.7. The van der Waals surface area contributed by atoms with E-state index in [-0.39, 0.29) is 26.3 Å². The second-order valence-corrected chi connectivity index (χ2v) is 9.95. The molecule has 2 aromatic heterocycles. The summed E-state index contributed by atoms with van der Waals surface area (Å²) in [5.41, 5.74) is 4.79. The first-order valence-electron chi connectivity index (χ1n) is 12.9. The van der Waals surface area contributed by atoms with Crippen LogP contribution in [0.15, 0.2) is 81.2 Å². The van der Waals surface area contributed by atoms with E-state index >= 15 is 0 Å². The Hall–Kier alpha value is -5.06. The number of rotatable bonds is 10. The van der Waals surface area contributed by atoms with E-state index in [1.807, 2.05) is 60.0 Å². The number of imidazole rings is 1. The number of ether oxygens (including phenoxy) is 2. The molecular weight excluding hydrogens is 561 g/mol. The van der Waals surface area contributed by atoms with Crippen LogP contribution in [-0.2, 0) is 11.3 Å². The first kappa shape index (κ1) is 28.5. The van der Waals surface area contributed by atoms with Gasteiger partial charge in [0.25, 0.3) is 6.01 Å². The van der Waals surface area contributed by atoms with Gasteiger partial charge in [0.15, 0.2) is 5.82 Å². The molecule has 2 heterocycles. The molecule has 0 spiro atoms. The van der Waals surface area contributed by atoms with Crippen LogP contribution in [0.3, 0.4) is 0 Å². The number of carbonyl (C=O) groups excluding carboxylic acids is 1. The van der Waals surface area contributed by atoms with Crippen LogP contribution in [0.4, 0.5) is 0 Å². The van der Waals surface area contributed by atoms with E-state index < -0.39 is 11.7 Å². The molecule has 12 nitrogen and oxygen atoms in total. The standard InChI is InChI=1S/C29H26N5O7P/c1-3-39-28-30-23-10-6-9-22(27(35)40-16-24(32-37)17(2)42-38)25(23)34(28)15-18-11-13-19(14-12-18)20-7-4-5-8-21(20)26-31-29(36)41-33-26/h4-14,37-38H,3,15-16H2,1-2H3,(H,31,33,36)/b32-24-. The maximum absolute atomic E-state index is 13.2.